The number of nitrogens with one attached hydrogen (secondary N) is 1. The summed E-state index contributed by atoms with van der Waals surface area (Å²) in [6.07, 6.45) is -0.227. The molecule has 0 spiro atoms. The van der Waals surface area contributed by atoms with Crippen LogP contribution in [0.25, 0.3) is 0 Å². The molecule has 0 saturated carbocycles. The van der Waals surface area contributed by atoms with Crippen LogP contribution in [-0.2, 0) is 16.1 Å². The number of aliphatic carboxylic acids is 1. The van der Waals surface area contributed by atoms with Crippen LogP contribution in [0, 0.1) is 0 Å². The zero-order valence-corrected chi connectivity index (χ0v) is 14.9. The molecule has 0 heterocycles. The van der Waals surface area contributed by atoms with Crippen LogP contribution in [0.5, 0.6) is 5.75 Å². The van der Waals surface area contributed by atoms with E-state index in [1.165, 1.54) is 7.11 Å². The van der Waals surface area contributed by atoms with E-state index in [2.05, 4.69) is 5.32 Å². The summed E-state index contributed by atoms with van der Waals surface area (Å²) in [5.41, 5.74) is 0.393. The summed E-state index contributed by atoms with van der Waals surface area (Å²) in [6.45, 7) is 2.14. The average molecular weight is 357 g/mol. The first-order valence-corrected chi connectivity index (χ1v) is 8.22. The molecule has 26 heavy (non-hydrogen) atoms. The standard InChI is InChI=1S/C20H23NO5/c1-20(14-25-2,12-18(22)23)21-19(24)16-10-8-15(9-11-16)13-26-17-6-4-3-5-7-17/h3-11H,12-14H2,1-2H3,(H,21,24)(H,22,23). The maximum Gasteiger partial charge on any atom is 0.305 e. The Morgan fingerprint density at radius 1 is 1.08 bits per heavy atom. The van der Waals surface area contributed by atoms with Gasteiger partial charge in [-0.3, -0.25) is 9.59 Å². The number of benzene rings is 2. The number of amides is 1. The summed E-state index contributed by atoms with van der Waals surface area (Å²) < 4.78 is 10.7. The fourth-order valence-electron chi connectivity index (χ4n) is 2.57. The summed E-state index contributed by atoms with van der Waals surface area (Å²) in [6, 6.07) is 16.5. The molecule has 2 aromatic carbocycles. The number of para-hydroxylation sites is 1. The van der Waals surface area contributed by atoms with Crippen LogP contribution < -0.4 is 10.1 Å². The van der Waals surface area contributed by atoms with Crippen molar-refractivity contribution in [1.82, 2.24) is 5.32 Å². The van der Waals surface area contributed by atoms with Gasteiger partial charge in [-0.15, -0.1) is 0 Å². The van der Waals surface area contributed by atoms with Crippen molar-refractivity contribution in [3.63, 3.8) is 0 Å². The number of carboxylic acid groups (broad SMARTS) is 1. The highest BCUT2D eigenvalue weighted by Crippen LogP contribution is 2.14. The van der Waals surface area contributed by atoms with Gasteiger partial charge in [0.15, 0.2) is 0 Å². The Kier molecular flexibility index (Phi) is 6.74. The van der Waals surface area contributed by atoms with Gasteiger partial charge < -0.3 is 19.9 Å². The summed E-state index contributed by atoms with van der Waals surface area (Å²) >= 11 is 0. The second-order valence-electron chi connectivity index (χ2n) is 6.32. The molecule has 2 rings (SSSR count). The minimum absolute atomic E-state index is 0.105. The molecule has 0 aliphatic rings. The summed E-state index contributed by atoms with van der Waals surface area (Å²) in [5, 5.41) is 11.8. The molecule has 0 fully saturated rings. The minimum atomic E-state index is -1.00. The largest absolute Gasteiger partial charge is 0.489 e. The molecular weight excluding hydrogens is 334 g/mol. The van der Waals surface area contributed by atoms with Crippen molar-refractivity contribution in [2.75, 3.05) is 13.7 Å². The third-order valence-electron chi connectivity index (χ3n) is 3.78. The summed E-state index contributed by atoms with van der Waals surface area (Å²) in [7, 11) is 1.47. The Balaban J connectivity index is 1.97. The topological polar surface area (TPSA) is 84.9 Å². The number of hydrogen-bond acceptors (Lipinski definition) is 4. The highest BCUT2D eigenvalue weighted by atomic mass is 16.5. The number of rotatable bonds is 9. The number of methoxy groups -OCH3 is 1. The van der Waals surface area contributed by atoms with Gasteiger partial charge in [-0.1, -0.05) is 30.3 Å². The van der Waals surface area contributed by atoms with Gasteiger partial charge in [-0.25, -0.2) is 0 Å². The minimum Gasteiger partial charge on any atom is -0.489 e. The van der Waals surface area contributed by atoms with E-state index >= 15 is 0 Å². The lowest BCUT2D eigenvalue weighted by Crippen LogP contribution is -2.50. The Morgan fingerprint density at radius 3 is 2.31 bits per heavy atom. The predicted molar refractivity (Wildman–Crippen MR) is 97.2 cm³/mol. The van der Waals surface area contributed by atoms with Crippen LogP contribution in [0.4, 0.5) is 0 Å². The lowest BCUT2D eigenvalue weighted by atomic mass is 9.98. The predicted octanol–water partition coefficient (Wildman–Crippen LogP) is 2.88. The fourth-order valence-corrected chi connectivity index (χ4v) is 2.57. The molecule has 0 saturated heterocycles. The van der Waals surface area contributed by atoms with Crippen LogP contribution in [0.3, 0.4) is 0 Å². The molecule has 0 radical (unpaired) electrons. The molecular formula is C20H23NO5. The van der Waals surface area contributed by atoms with Gasteiger partial charge in [0, 0.05) is 12.7 Å². The lowest BCUT2D eigenvalue weighted by Gasteiger charge is -2.28. The van der Waals surface area contributed by atoms with Crippen LogP contribution in [0.1, 0.15) is 29.3 Å². The maximum atomic E-state index is 12.4. The zero-order chi connectivity index (χ0) is 19.0. The molecule has 0 aliphatic heterocycles. The van der Waals surface area contributed by atoms with Crippen LogP contribution in [-0.4, -0.2) is 36.2 Å². The first-order valence-electron chi connectivity index (χ1n) is 8.22. The van der Waals surface area contributed by atoms with Crippen molar-refractivity contribution in [3.05, 3.63) is 65.7 Å². The molecule has 2 aromatic rings. The number of ether oxygens (including phenoxy) is 2. The zero-order valence-electron chi connectivity index (χ0n) is 14.9. The molecule has 138 valence electrons. The first kappa shape index (κ1) is 19.5. The monoisotopic (exact) mass is 357 g/mol. The Labute approximate surface area is 152 Å². The first-order chi connectivity index (χ1) is 12.4. The Hall–Kier alpha value is -2.86. The summed E-state index contributed by atoms with van der Waals surface area (Å²) in [4.78, 5) is 23.4. The van der Waals surface area contributed by atoms with Gasteiger partial charge in [-0.05, 0) is 36.8 Å². The van der Waals surface area contributed by atoms with Gasteiger partial charge >= 0.3 is 5.97 Å². The van der Waals surface area contributed by atoms with Crippen molar-refractivity contribution in [2.45, 2.75) is 25.5 Å². The van der Waals surface area contributed by atoms with Crippen molar-refractivity contribution in [3.8, 4) is 5.75 Å². The van der Waals surface area contributed by atoms with E-state index in [9.17, 15) is 9.59 Å². The lowest BCUT2D eigenvalue weighted by molar-refractivity contribution is -0.139. The third kappa shape index (κ3) is 5.89. The van der Waals surface area contributed by atoms with Crippen LogP contribution in [0.2, 0.25) is 0 Å². The van der Waals surface area contributed by atoms with Gasteiger partial charge in [0.1, 0.15) is 12.4 Å². The van der Waals surface area contributed by atoms with Gasteiger partial charge in [0.05, 0.1) is 18.6 Å². The number of carbonyl (C=O) groups excluding carboxylic acids is 1. The van der Waals surface area contributed by atoms with E-state index in [0.717, 1.165) is 11.3 Å². The third-order valence-corrected chi connectivity index (χ3v) is 3.78. The second kappa shape index (κ2) is 9.01. The number of carbonyl (C=O) groups is 2. The van der Waals surface area contributed by atoms with E-state index in [0.29, 0.717) is 12.2 Å². The molecule has 6 nitrogen and oxygen atoms in total. The highest BCUT2D eigenvalue weighted by molar-refractivity contribution is 5.95. The molecule has 6 heteroatoms. The summed E-state index contributed by atoms with van der Waals surface area (Å²) in [5.74, 6) is -0.571. The fraction of sp³-hybridized carbons (Fsp3) is 0.300. The average Bonchev–Trinajstić information content (AvgIpc) is 2.60. The molecule has 0 aliphatic carbocycles. The van der Waals surface area contributed by atoms with Crippen molar-refractivity contribution < 1.29 is 24.2 Å². The molecule has 1 atom stereocenters. The van der Waals surface area contributed by atoms with Crippen LogP contribution in [0.15, 0.2) is 54.6 Å². The van der Waals surface area contributed by atoms with E-state index in [-0.39, 0.29) is 18.9 Å². The molecule has 0 bridgehead atoms. The quantitative estimate of drug-likeness (QED) is 0.721. The Morgan fingerprint density at radius 2 is 1.73 bits per heavy atom. The molecule has 2 N–H and O–H groups in total. The number of carboxylic acids is 1. The number of hydrogen-bond donors (Lipinski definition) is 2. The van der Waals surface area contributed by atoms with Gasteiger partial charge in [0.25, 0.3) is 5.91 Å². The normalized spacial score (nSPS) is 12.8. The van der Waals surface area contributed by atoms with E-state index in [4.69, 9.17) is 14.6 Å². The van der Waals surface area contributed by atoms with Gasteiger partial charge in [0.2, 0.25) is 0 Å². The molecule has 1 amide bonds. The second-order valence-corrected chi connectivity index (χ2v) is 6.32. The Bertz CT molecular complexity index is 730. The van der Waals surface area contributed by atoms with Gasteiger partial charge in [-0.2, -0.15) is 0 Å². The maximum absolute atomic E-state index is 12.4. The van der Waals surface area contributed by atoms with E-state index in [1.807, 2.05) is 42.5 Å². The van der Waals surface area contributed by atoms with Crippen molar-refractivity contribution >= 4 is 11.9 Å². The van der Waals surface area contributed by atoms with E-state index < -0.39 is 11.5 Å². The van der Waals surface area contributed by atoms with E-state index in [1.54, 1.807) is 19.1 Å². The highest BCUT2D eigenvalue weighted by Gasteiger charge is 2.29. The van der Waals surface area contributed by atoms with Crippen molar-refractivity contribution in [2.24, 2.45) is 0 Å². The van der Waals surface area contributed by atoms with Crippen LogP contribution >= 0.6 is 0 Å². The van der Waals surface area contributed by atoms with Crippen molar-refractivity contribution in [1.29, 1.82) is 0 Å². The molecule has 0 aromatic heterocycles. The molecule has 1 unspecified atom stereocenters. The SMILES string of the molecule is COCC(C)(CC(=O)O)NC(=O)c1ccc(COc2ccccc2)cc1. The smallest absolute Gasteiger partial charge is 0.305 e.